The fourth-order valence-corrected chi connectivity index (χ4v) is 1.38. The van der Waals surface area contributed by atoms with Crippen molar-refractivity contribution in [2.24, 2.45) is 0 Å². The average Bonchev–Trinajstić information content (AvgIpc) is 2.21. The van der Waals surface area contributed by atoms with Gasteiger partial charge in [0.2, 0.25) is 0 Å². The van der Waals surface area contributed by atoms with Crippen LogP contribution in [0, 0.1) is 31.5 Å². The summed E-state index contributed by atoms with van der Waals surface area (Å²) in [5.41, 5.74) is 2.31. The number of carbonyl (C=O) groups excluding carboxylic acids is 1. The van der Waals surface area contributed by atoms with Gasteiger partial charge in [-0.15, -0.1) is 0 Å². The molecule has 0 aliphatic carbocycles. The topological polar surface area (TPSA) is 26.3 Å². The number of carbonyl (C=O) groups is 1. The van der Waals surface area contributed by atoms with Crippen LogP contribution in [0.2, 0.25) is 0 Å². The van der Waals surface area contributed by atoms with E-state index in [-0.39, 0.29) is 18.2 Å². The summed E-state index contributed by atoms with van der Waals surface area (Å²) < 4.78 is 17.5. The summed E-state index contributed by atoms with van der Waals surface area (Å²) in [6.07, 6.45) is 0.0484. The van der Waals surface area contributed by atoms with Crippen molar-refractivity contribution < 1.29 is 13.9 Å². The normalized spacial score (nSPS) is 9.25. The van der Waals surface area contributed by atoms with Crippen molar-refractivity contribution in [1.29, 1.82) is 0 Å². The summed E-state index contributed by atoms with van der Waals surface area (Å²) in [6, 6.07) is 2.85. The van der Waals surface area contributed by atoms with Gasteiger partial charge >= 0.3 is 5.97 Å². The van der Waals surface area contributed by atoms with Crippen LogP contribution >= 0.6 is 0 Å². The molecule has 1 aromatic carbocycles. The maximum atomic E-state index is 13.0. The molecular formula is C13H13FO2. The lowest BCUT2D eigenvalue weighted by atomic mass is 10.0. The van der Waals surface area contributed by atoms with Gasteiger partial charge in [-0.1, -0.05) is 11.8 Å². The molecule has 0 atom stereocenters. The van der Waals surface area contributed by atoms with Crippen molar-refractivity contribution in [3.63, 3.8) is 0 Å². The first-order valence-electron chi connectivity index (χ1n) is 4.87. The second kappa shape index (κ2) is 5.32. The Hall–Kier alpha value is -1.82. The van der Waals surface area contributed by atoms with E-state index in [2.05, 4.69) is 16.6 Å². The molecule has 16 heavy (non-hydrogen) atoms. The SMILES string of the molecule is COC(=O)CC#Cc1c(C)cc(F)cc1C. The number of benzene rings is 1. The van der Waals surface area contributed by atoms with Gasteiger partial charge in [-0.05, 0) is 37.1 Å². The van der Waals surface area contributed by atoms with E-state index in [1.165, 1.54) is 19.2 Å². The summed E-state index contributed by atoms with van der Waals surface area (Å²) in [6.45, 7) is 3.58. The third-order valence-corrected chi connectivity index (χ3v) is 2.17. The highest BCUT2D eigenvalue weighted by atomic mass is 19.1. The van der Waals surface area contributed by atoms with Crippen LogP contribution in [0.15, 0.2) is 12.1 Å². The monoisotopic (exact) mass is 220 g/mol. The Morgan fingerprint density at radius 3 is 2.44 bits per heavy atom. The molecule has 0 aliphatic rings. The summed E-state index contributed by atoms with van der Waals surface area (Å²) in [5.74, 6) is 4.92. The maximum absolute atomic E-state index is 13.0. The van der Waals surface area contributed by atoms with Crippen LogP contribution in [-0.4, -0.2) is 13.1 Å². The lowest BCUT2D eigenvalue weighted by molar-refractivity contribution is -0.139. The molecule has 0 spiro atoms. The van der Waals surface area contributed by atoms with Crippen LogP contribution in [0.5, 0.6) is 0 Å². The first-order valence-corrected chi connectivity index (χ1v) is 4.87. The number of rotatable bonds is 1. The number of hydrogen-bond acceptors (Lipinski definition) is 2. The molecule has 0 fully saturated rings. The van der Waals surface area contributed by atoms with Crippen molar-refractivity contribution >= 4 is 5.97 Å². The van der Waals surface area contributed by atoms with Crippen molar-refractivity contribution in [2.75, 3.05) is 7.11 Å². The second-order valence-corrected chi connectivity index (χ2v) is 3.47. The molecule has 0 aliphatic heterocycles. The predicted octanol–water partition coefficient (Wildman–Crippen LogP) is 2.36. The van der Waals surface area contributed by atoms with Gasteiger partial charge in [-0.25, -0.2) is 4.39 Å². The van der Waals surface area contributed by atoms with Gasteiger partial charge in [-0.3, -0.25) is 4.79 Å². The number of aryl methyl sites for hydroxylation is 2. The van der Waals surface area contributed by atoms with E-state index in [0.717, 1.165) is 16.7 Å². The fourth-order valence-electron chi connectivity index (χ4n) is 1.38. The summed E-state index contributed by atoms with van der Waals surface area (Å²) >= 11 is 0. The molecule has 0 radical (unpaired) electrons. The zero-order valence-corrected chi connectivity index (χ0v) is 9.56. The average molecular weight is 220 g/mol. The van der Waals surface area contributed by atoms with E-state index < -0.39 is 0 Å². The van der Waals surface area contributed by atoms with Gasteiger partial charge in [0, 0.05) is 5.56 Å². The van der Waals surface area contributed by atoms with Crippen LogP contribution in [-0.2, 0) is 9.53 Å². The molecule has 1 aromatic rings. The highest BCUT2D eigenvalue weighted by molar-refractivity contribution is 5.72. The first kappa shape index (κ1) is 12.3. The Bertz CT molecular complexity index is 444. The zero-order chi connectivity index (χ0) is 12.1. The predicted molar refractivity (Wildman–Crippen MR) is 59.4 cm³/mol. The van der Waals surface area contributed by atoms with Gasteiger partial charge < -0.3 is 4.74 Å². The maximum Gasteiger partial charge on any atom is 0.317 e. The molecule has 0 saturated carbocycles. The summed E-state index contributed by atoms with van der Waals surface area (Å²) in [5, 5.41) is 0. The summed E-state index contributed by atoms with van der Waals surface area (Å²) in [7, 11) is 1.32. The molecule has 0 aromatic heterocycles. The number of esters is 1. The third-order valence-electron chi connectivity index (χ3n) is 2.17. The Labute approximate surface area is 94.4 Å². The standard InChI is InChI=1S/C13H13FO2/c1-9-7-11(14)8-10(2)12(9)5-4-6-13(15)16-3/h7-8H,6H2,1-3H3. The number of ether oxygens (including phenoxy) is 1. The Morgan fingerprint density at radius 2 is 1.94 bits per heavy atom. The Morgan fingerprint density at radius 1 is 1.38 bits per heavy atom. The van der Waals surface area contributed by atoms with Gasteiger partial charge in [-0.2, -0.15) is 0 Å². The van der Waals surface area contributed by atoms with E-state index in [0.29, 0.717) is 0 Å². The first-order chi connectivity index (χ1) is 7.54. The van der Waals surface area contributed by atoms with E-state index in [1.807, 2.05) is 0 Å². The molecular weight excluding hydrogens is 207 g/mol. The molecule has 1 rings (SSSR count). The van der Waals surface area contributed by atoms with Crippen LogP contribution in [0.4, 0.5) is 4.39 Å². The highest BCUT2D eigenvalue weighted by Crippen LogP contribution is 2.14. The minimum absolute atomic E-state index is 0.0484. The molecule has 0 bridgehead atoms. The van der Waals surface area contributed by atoms with E-state index in [1.54, 1.807) is 13.8 Å². The Kier molecular flexibility index (Phi) is 4.07. The van der Waals surface area contributed by atoms with Crippen molar-refractivity contribution in [3.8, 4) is 11.8 Å². The van der Waals surface area contributed by atoms with E-state index >= 15 is 0 Å². The Balaban J connectivity index is 2.93. The van der Waals surface area contributed by atoms with Crippen molar-refractivity contribution in [3.05, 3.63) is 34.6 Å². The zero-order valence-electron chi connectivity index (χ0n) is 9.56. The highest BCUT2D eigenvalue weighted by Gasteiger charge is 2.02. The summed E-state index contributed by atoms with van der Waals surface area (Å²) in [4.78, 5) is 10.8. The minimum atomic E-state index is -0.370. The van der Waals surface area contributed by atoms with Crippen LogP contribution in [0.25, 0.3) is 0 Å². The number of halogens is 1. The van der Waals surface area contributed by atoms with E-state index in [9.17, 15) is 9.18 Å². The lowest BCUT2D eigenvalue weighted by Gasteiger charge is -2.02. The fraction of sp³-hybridized carbons (Fsp3) is 0.308. The quantitative estimate of drug-likeness (QED) is 0.536. The lowest BCUT2D eigenvalue weighted by Crippen LogP contribution is -1.97. The number of hydrogen-bond donors (Lipinski definition) is 0. The largest absolute Gasteiger partial charge is 0.468 e. The second-order valence-electron chi connectivity index (χ2n) is 3.47. The van der Waals surface area contributed by atoms with Gasteiger partial charge in [0.1, 0.15) is 12.2 Å². The van der Waals surface area contributed by atoms with E-state index in [4.69, 9.17) is 0 Å². The van der Waals surface area contributed by atoms with Crippen LogP contribution in [0.3, 0.4) is 0 Å². The molecule has 84 valence electrons. The van der Waals surface area contributed by atoms with Gasteiger partial charge in [0.05, 0.1) is 7.11 Å². The molecule has 0 saturated heterocycles. The molecule has 0 amide bonds. The van der Waals surface area contributed by atoms with Crippen LogP contribution in [0.1, 0.15) is 23.1 Å². The molecule has 2 nitrogen and oxygen atoms in total. The van der Waals surface area contributed by atoms with Gasteiger partial charge in [0.15, 0.2) is 0 Å². The molecule has 0 N–H and O–H groups in total. The molecule has 0 heterocycles. The molecule has 3 heteroatoms. The molecule has 0 unspecified atom stereocenters. The van der Waals surface area contributed by atoms with Crippen molar-refractivity contribution in [2.45, 2.75) is 20.3 Å². The smallest absolute Gasteiger partial charge is 0.317 e. The van der Waals surface area contributed by atoms with Crippen molar-refractivity contribution in [1.82, 2.24) is 0 Å². The number of methoxy groups -OCH3 is 1. The minimum Gasteiger partial charge on any atom is -0.468 e. The van der Waals surface area contributed by atoms with Crippen LogP contribution < -0.4 is 0 Å². The van der Waals surface area contributed by atoms with Gasteiger partial charge in [0.25, 0.3) is 0 Å². The third kappa shape index (κ3) is 3.09.